The first-order valence-electron chi connectivity index (χ1n) is 12.1. The van der Waals surface area contributed by atoms with E-state index in [9.17, 15) is 9.90 Å². The molecule has 5 rings (SSSR count). The van der Waals surface area contributed by atoms with Crippen molar-refractivity contribution in [3.8, 4) is 28.3 Å². The zero-order valence-electron chi connectivity index (χ0n) is 19.8. The third-order valence-electron chi connectivity index (χ3n) is 6.35. The summed E-state index contributed by atoms with van der Waals surface area (Å²) in [5.41, 5.74) is 5.12. The van der Waals surface area contributed by atoms with Crippen LogP contribution >= 0.6 is 0 Å². The average molecular weight is 482 g/mol. The Morgan fingerprint density at radius 3 is 2.33 bits per heavy atom. The molecule has 3 aromatic carbocycles. The van der Waals surface area contributed by atoms with E-state index in [1.807, 2.05) is 66.7 Å². The number of hydrogen-bond acceptors (Lipinski definition) is 5. The molecule has 4 aromatic rings. The topological polar surface area (TPSA) is 92.8 Å². The number of nitrogens with zero attached hydrogens (tertiary/aromatic N) is 1. The molecule has 1 aromatic heterocycles. The van der Waals surface area contributed by atoms with Gasteiger partial charge < -0.3 is 19.4 Å². The van der Waals surface area contributed by atoms with Crippen LogP contribution in [0.3, 0.4) is 0 Å². The quantitative estimate of drug-likeness (QED) is 0.297. The average Bonchev–Trinajstić information content (AvgIpc) is 3.38. The van der Waals surface area contributed by atoms with Gasteiger partial charge in [-0.3, -0.25) is 0 Å². The van der Waals surface area contributed by atoms with Gasteiger partial charge in [0.1, 0.15) is 17.5 Å². The summed E-state index contributed by atoms with van der Waals surface area (Å²) in [6, 6.07) is 26.8. The number of aliphatic carboxylic acids is 1. The summed E-state index contributed by atoms with van der Waals surface area (Å²) in [5, 5.41) is 20.3. The number of oxazole rings is 1. The van der Waals surface area contributed by atoms with Crippen LogP contribution in [0, 0.1) is 0 Å². The first-order valence-corrected chi connectivity index (χ1v) is 12.1. The maximum atomic E-state index is 11.4. The summed E-state index contributed by atoms with van der Waals surface area (Å²) < 4.78 is 11.7. The lowest BCUT2D eigenvalue weighted by molar-refractivity contribution is -0.139. The van der Waals surface area contributed by atoms with Gasteiger partial charge in [-0.1, -0.05) is 72.8 Å². The number of benzene rings is 3. The maximum absolute atomic E-state index is 11.4. The van der Waals surface area contributed by atoms with Crippen LogP contribution in [0.5, 0.6) is 5.75 Å². The molecule has 0 saturated heterocycles. The third kappa shape index (κ3) is 5.09. The molecule has 6 heteroatoms. The van der Waals surface area contributed by atoms with Crippen molar-refractivity contribution in [3.05, 3.63) is 102 Å². The lowest BCUT2D eigenvalue weighted by Gasteiger charge is -2.23. The lowest BCUT2D eigenvalue weighted by atomic mass is 9.86. The molecule has 0 aliphatic heterocycles. The minimum absolute atomic E-state index is 0.403. The molecule has 0 spiro atoms. The second-order valence-electron chi connectivity index (χ2n) is 8.80. The Kier molecular flexibility index (Phi) is 6.96. The molecule has 1 atom stereocenters. The second-order valence-corrected chi connectivity index (χ2v) is 8.80. The van der Waals surface area contributed by atoms with Gasteiger partial charge in [-0.25, -0.2) is 9.78 Å². The Morgan fingerprint density at radius 2 is 1.61 bits per heavy atom. The van der Waals surface area contributed by atoms with Crippen LogP contribution in [0.15, 0.2) is 94.9 Å². The number of carbonyl (C=O) groups is 1. The summed E-state index contributed by atoms with van der Waals surface area (Å²) in [6.07, 6.45) is 2.55. The molecule has 182 valence electrons. The van der Waals surface area contributed by atoms with Crippen molar-refractivity contribution in [1.82, 2.24) is 4.98 Å². The minimum atomic E-state index is -1.05. The summed E-state index contributed by atoms with van der Waals surface area (Å²) in [7, 11) is 0. The van der Waals surface area contributed by atoms with E-state index in [1.165, 1.54) is 0 Å². The van der Waals surface area contributed by atoms with Crippen LogP contribution in [0.2, 0.25) is 0 Å². The molecule has 1 aliphatic rings. The van der Waals surface area contributed by atoms with E-state index in [0.717, 1.165) is 53.7 Å². The van der Waals surface area contributed by atoms with Crippen molar-refractivity contribution in [2.45, 2.75) is 31.8 Å². The van der Waals surface area contributed by atoms with E-state index in [4.69, 9.17) is 19.2 Å². The second kappa shape index (κ2) is 10.6. The van der Waals surface area contributed by atoms with Crippen molar-refractivity contribution in [2.24, 2.45) is 0 Å². The molecule has 1 aliphatic carbocycles. The predicted octanol–water partition coefficient (Wildman–Crippen LogP) is 6.53. The number of carboxylic acids is 1. The van der Waals surface area contributed by atoms with Crippen LogP contribution < -0.4 is 4.74 Å². The van der Waals surface area contributed by atoms with Gasteiger partial charge in [-0.05, 0) is 49.0 Å². The van der Waals surface area contributed by atoms with Gasteiger partial charge >= 0.3 is 5.97 Å². The van der Waals surface area contributed by atoms with Gasteiger partial charge in [0.05, 0.1) is 0 Å². The van der Waals surface area contributed by atoms with Crippen molar-refractivity contribution >= 4 is 11.5 Å². The number of carboxylic acid groups (broad SMARTS) is 1. The van der Waals surface area contributed by atoms with E-state index in [-0.39, 0.29) is 0 Å². The normalized spacial score (nSPS) is 14.5. The third-order valence-corrected chi connectivity index (χ3v) is 6.35. The van der Waals surface area contributed by atoms with Crippen LogP contribution in [0.25, 0.3) is 28.2 Å². The maximum Gasteiger partial charge on any atom is 0.341 e. The molecule has 0 bridgehead atoms. The predicted molar refractivity (Wildman–Crippen MR) is 137 cm³/mol. The van der Waals surface area contributed by atoms with Crippen LogP contribution in [0.1, 0.15) is 43.2 Å². The molecule has 0 fully saturated rings. The molecule has 2 N–H and O–H groups in total. The molecular formula is C30H27NO5. The fourth-order valence-electron chi connectivity index (χ4n) is 4.62. The highest BCUT2D eigenvalue weighted by Gasteiger charge is 2.27. The number of aliphatic hydroxyl groups is 1. The van der Waals surface area contributed by atoms with E-state index >= 15 is 0 Å². The zero-order valence-corrected chi connectivity index (χ0v) is 19.8. The van der Waals surface area contributed by atoms with Gasteiger partial charge in [0.25, 0.3) is 0 Å². The van der Waals surface area contributed by atoms with E-state index < -0.39 is 18.7 Å². The van der Waals surface area contributed by atoms with Gasteiger partial charge in [-0.2, -0.15) is 0 Å². The van der Waals surface area contributed by atoms with Gasteiger partial charge in [0.2, 0.25) is 5.89 Å². The van der Waals surface area contributed by atoms with Crippen molar-refractivity contribution in [3.63, 3.8) is 0 Å². The lowest BCUT2D eigenvalue weighted by Crippen LogP contribution is -2.11. The monoisotopic (exact) mass is 481 g/mol. The van der Waals surface area contributed by atoms with E-state index in [1.54, 1.807) is 18.2 Å². The van der Waals surface area contributed by atoms with Crippen molar-refractivity contribution < 1.29 is 24.2 Å². The van der Waals surface area contributed by atoms with Crippen LogP contribution in [-0.4, -0.2) is 27.8 Å². The Labute approximate surface area is 209 Å². The SMILES string of the molecule is O=C(O)COc1cccc(C(O)C2=C(c3nc(-c4ccccc4)c(-c4ccccc4)o3)CCCC2)c1. The minimum Gasteiger partial charge on any atom is -0.482 e. The number of rotatable bonds is 8. The highest BCUT2D eigenvalue weighted by Crippen LogP contribution is 2.42. The largest absolute Gasteiger partial charge is 0.482 e. The molecule has 1 heterocycles. The highest BCUT2D eigenvalue weighted by molar-refractivity contribution is 5.79. The molecular weight excluding hydrogens is 454 g/mol. The summed E-state index contributed by atoms with van der Waals surface area (Å²) in [4.78, 5) is 15.8. The van der Waals surface area contributed by atoms with E-state index in [2.05, 4.69) is 0 Å². The first kappa shape index (κ1) is 23.6. The molecule has 0 amide bonds. The Balaban J connectivity index is 1.56. The summed E-state index contributed by atoms with van der Waals surface area (Å²) in [6.45, 7) is -0.436. The zero-order chi connectivity index (χ0) is 24.9. The summed E-state index contributed by atoms with van der Waals surface area (Å²) in [5.74, 6) is 0.582. The number of hydrogen-bond donors (Lipinski definition) is 2. The first-order chi connectivity index (χ1) is 17.6. The molecule has 1 unspecified atom stereocenters. The molecule has 36 heavy (non-hydrogen) atoms. The van der Waals surface area contributed by atoms with Crippen molar-refractivity contribution in [2.75, 3.05) is 6.61 Å². The Hall–Kier alpha value is -4.16. The number of aliphatic hydroxyl groups excluding tert-OH is 1. The van der Waals surface area contributed by atoms with Crippen LogP contribution in [0.4, 0.5) is 0 Å². The fourth-order valence-corrected chi connectivity index (χ4v) is 4.62. The smallest absolute Gasteiger partial charge is 0.341 e. The number of ether oxygens (including phenoxy) is 1. The standard InChI is InChI=1S/C30H27NO5/c32-26(33)19-35-23-15-9-14-22(18-23)28(34)24-16-7-8-17-25(24)30-31-27(20-10-3-1-4-11-20)29(36-30)21-12-5-2-6-13-21/h1-6,9-15,18,28,34H,7-8,16-17,19H2,(H,32,33). The highest BCUT2D eigenvalue weighted by atomic mass is 16.5. The molecule has 0 radical (unpaired) electrons. The number of aromatic nitrogens is 1. The molecule has 6 nitrogen and oxygen atoms in total. The Bertz CT molecular complexity index is 1320. The van der Waals surface area contributed by atoms with Crippen molar-refractivity contribution in [1.29, 1.82) is 0 Å². The summed E-state index contributed by atoms with van der Waals surface area (Å²) >= 11 is 0. The van der Waals surface area contributed by atoms with Gasteiger partial charge in [0.15, 0.2) is 12.4 Å². The van der Waals surface area contributed by atoms with Gasteiger partial charge in [0, 0.05) is 16.7 Å². The number of allylic oxidation sites excluding steroid dienone is 1. The Morgan fingerprint density at radius 1 is 0.917 bits per heavy atom. The fraction of sp³-hybridized carbons (Fsp3) is 0.200. The molecule has 0 saturated carbocycles. The van der Waals surface area contributed by atoms with Gasteiger partial charge in [-0.15, -0.1) is 0 Å². The van der Waals surface area contributed by atoms with Crippen LogP contribution in [-0.2, 0) is 4.79 Å². The van der Waals surface area contributed by atoms with E-state index in [0.29, 0.717) is 23.0 Å².